The molecule has 0 bridgehead atoms. The number of hydrogen-bond donors (Lipinski definition) is 0. The number of nitrogens with zero attached hydrogens (tertiary/aromatic N) is 2. The molecule has 0 saturated heterocycles. The average Bonchev–Trinajstić information content (AvgIpc) is 2.31. The topological polar surface area (TPSA) is 25.8 Å². The zero-order valence-corrected chi connectivity index (χ0v) is 8.24. The van der Waals surface area contributed by atoms with E-state index in [2.05, 4.69) is 32.0 Å². The molecule has 0 radical (unpaired) electrons. The van der Waals surface area contributed by atoms with E-state index in [-0.39, 0.29) is 0 Å². The van der Waals surface area contributed by atoms with E-state index in [1.165, 1.54) is 0 Å². The number of thiophene rings is 1. The van der Waals surface area contributed by atoms with E-state index in [0.29, 0.717) is 0 Å². The predicted molar refractivity (Wildman–Crippen MR) is 49.9 cm³/mol. The summed E-state index contributed by atoms with van der Waals surface area (Å²) in [6.07, 6.45) is 1.60. The van der Waals surface area contributed by atoms with Crippen LogP contribution in [-0.4, -0.2) is 9.97 Å². The summed E-state index contributed by atoms with van der Waals surface area (Å²) in [5, 5.41) is 1.14. The largest absolute Gasteiger partial charge is 0.241 e. The first-order chi connectivity index (χ1) is 5.27. The monoisotopic (exact) mass is 228 g/mol. The van der Waals surface area contributed by atoms with Crippen molar-refractivity contribution in [2.75, 3.05) is 0 Å². The summed E-state index contributed by atoms with van der Waals surface area (Å²) in [4.78, 5) is 9.28. The molecule has 56 valence electrons. The normalized spacial score (nSPS) is 10.7. The zero-order chi connectivity index (χ0) is 7.84. The van der Waals surface area contributed by atoms with Gasteiger partial charge in [0.15, 0.2) is 0 Å². The van der Waals surface area contributed by atoms with Crippen LogP contribution < -0.4 is 0 Å². The molecule has 0 aliphatic rings. The van der Waals surface area contributed by atoms with Crippen LogP contribution in [0.25, 0.3) is 10.2 Å². The first-order valence-corrected chi connectivity index (χ1v) is 4.75. The van der Waals surface area contributed by atoms with Crippen LogP contribution in [0.3, 0.4) is 0 Å². The summed E-state index contributed by atoms with van der Waals surface area (Å²) < 4.78 is 1.11. The third-order valence-corrected chi connectivity index (χ3v) is 3.04. The summed E-state index contributed by atoms with van der Waals surface area (Å²) in [5.74, 6) is 0. The molecule has 4 heteroatoms. The van der Waals surface area contributed by atoms with E-state index >= 15 is 0 Å². The van der Waals surface area contributed by atoms with Gasteiger partial charge >= 0.3 is 0 Å². The summed E-state index contributed by atoms with van der Waals surface area (Å²) in [6.45, 7) is 1.99. The van der Waals surface area contributed by atoms with E-state index in [1.54, 1.807) is 17.7 Å². The SMILES string of the molecule is Cc1ncnc2sc(Br)cc12. The van der Waals surface area contributed by atoms with E-state index < -0.39 is 0 Å². The van der Waals surface area contributed by atoms with Crippen molar-refractivity contribution in [3.63, 3.8) is 0 Å². The lowest BCUT2D eigenvalue weighted by Gasteiger charge is -1.89. The Bertz CT molecular complexity index is 396. The first-order valence-electron chi connectivity index (χ1n) is 3.14. The van der Waals surface area contributed by atoms with Crippen LogP contribution in [0.4, 0.5) is 0 Å². The third-order valence-electron chi connectivity index (χ3n) is 1.50. The van der Waals surface area contributed by atoms with Gasteiger partial charge in [-0.25, -0.2) is 9.97 Å². The smallest absolute Gasteiger partial charge is 0.128 e. The Morgan fingerprint density at radius 1 is 1.45 bits per heavy atom. The molecule has 0 aliphatic heterocycles. The number of aryl methyl sites for hydroxylation is 1. The molecule has 11 heavy (non-hydrogen) atoms. The second-order valence-corrected chi connectivity index (χ2v) is 4.64. The highest BCUT2D eigenvalue weighted by molar-refractivity contribution is 9.11. The second-order valence-electron chi connectivity index (χ2n) is 2.23. The number of hydrogen-bond acceptors (Lipinski definition) is 3. The van der Waals surface area contributed by atoms with Crippen molar-refractivity contribution >= 4 is 37.5 Å². The van der Waals surface area contributed by atoms with Crippen molar-refractivity contribution in [1.29, 1.82) is 0 Å². The molecule has 0 aliphatic carbocycles. The lowest BCUT2D eigenvalue weighted by Crippen LogP contribution is -1.81. The van der Waals surface area contributed by atoms with Crippen LogP contribution in [0.15, 0.2) is 16.2 Å². The van der Waals surface area contributed by atoms with E-state index in [0.717, 1.165) is 19.7 Å². The van der Waals surface area contributed by atoms with Gasteiger partial charge in [0, 0.05) is 11.1 Å². The van der Waals surface area contributed by atoms with Crippen molar-refractivity contribution in [1.82, 2.24) is 9.97 Å². The molecule has 2 nitrogen and oxygen atoms in total. The summed E-state index contributed by atoms with van der Waals surface area (Å²) >= 11 is 5.04. The Hall–Kier alpha value is -0.480. The summed E-state index contributed by atoms with van der Waals surface area (Å²) in [5.41, 5.74) is 1.04. The molecule has 0 fully saturated rings. The fourth-order valence-electron chi connectivity index (χ4n) is 0.945. The van der Waals surface area contributed by atoms with Crippen LogP contribution in [0.5, 0.6) is 0 Å². The van der Waals surface area contributed by atoms with Crippen LogP contribution >= 0.6 is 27.3 Å². The molecule has 0 saturated carbocycles. The fourth-order valence-corrected chi connectivity index (χ4v) is 2.41. The maximum atomic E-state index is 4.14. The number of rotatable bonds is 0. The summed E-state index contributed by atoms with van der Waals surface area (Å²) in [7, 11) is 0. The van der Waals surface area contributed by atoms with Gasteiger partial charge in [-0.05, 0) is 28.9 Å². The van der Waals surface area contributed by atoms with Gasteiger partial charge in [-0.15, -0.1) is 11.3 Å². The number of fused-ring (bicyclic) bond motifs is 1. The van der Waals surface area contributed by atoms with Crippen LogP contribution in [0.1, 0.15) is 5.69 Å². The molecule has 0 N–H and O–H groups in total. The lowest BCUT2D eigenvalue weighted by atomic mass is 10.3. The van der Waals surface area contributed by atoms with E-state index in [9.17, 15) is 0 Å². The molecule has 2 aromatic heterocycles. The van der Waals surface area contributed by atoms with E-state index in [4.69, 9.17) is 0 Å². The molecule has 0 unspecified atom stereocenters. The second kappa shape index (κ2) is 2.53. The molecule has 2 heterocycles. The van der Waals surface area contributed by atoms with E-state index in [1.807, 2.05) is 6.92 Å². The van der Waals surface area contributed by atoms with Crippen molar-refractivity contribution in [2.45, 2.75) is 6.92 Å². The van der Waals surface area contributed by atoms with Gasteiger partial charge in [0.1, 0.15) is 11.2 Å². The summed E-state index contributed by atoms with van der Waals surface area (Å²) in [6, 6.07) is 2.05. The maximum Gasteiger partial charge on any atom is 0.128 e. The molecule has 0 spiro atoms. The first kappa shape index (κ1) is 7.18. The molecule has 0 aromatic carbocycles. The van der Waals surface area contributed by atoms with Crippen molar-refractivity contribution in [3.8, 4) is 0 Å². The van der Waals surface area contributed by atoms with Crippen LogP contribution in [-0.2, 0) is 0 Å². The van der Waals surface area contributed by atoms with Gasteiger partial charge in [-0.1, -0.05) is 0 Å². The highest BCUT2D eigenvalue weighted by Crippen LogP contribution is 2.28. The van der Waals surface area contributed by atoms with Crippen molar-refractivity contribution < 1.29 is 0 Å². The van der Waals surface area contributed by atoms with Crippen molar-refractivity contribution in [2.24, 2.45) is 0 Å². The third kappa shape index (κ3) is 1.16. The zero-order valence-electron chi connectivity index (χ0n) is 5.84. The molecule has 2 rings (SSSR count). The van der Waals surface area contributed by atoms with Crippen molar-refractivity contribution in [3.05, 3.63) is 21.9 Å². The Labute approximate surface area is 76.4 Å². The molecular weight excluding hydrogens is 224 g/mol. The lowest BCUT2D eigenvalue weighted by molar-refractivity contribution is 1.16. The van der Waals surface area contributed by atoms with Gasteiger partial charge in [-0.3, -0.25) is 0 Å². The number of halogens is 1. The highest BCUT2D eigenvalue weighted by Gasteiger charge is 2.02. The molecular formula is C7H5BrN2S. The highest BCUT2D eigenvalue weighted by atomic mass is 79.9. The Morgan fingerprint density at radius 3 is 3.00 bits per heavy atom. The minimum absolute atomic E-state index is 1.04. The van der Waals surface area contributed by atoms with Gasteiger partial charge in [0.2, 0.25) is 0 Å². The average molecular weight is 229 g/mol. The Kier molecular flexibility index (Phi) is 1.65. The van der Waals surface area contributed by atoms with Gasteiger partial charge in [0.25, 0.3) is 0 Å². The van der Waals surface area contributed by atoms with Gasteiger partial charge < -0.3 is 0 Å². The standard InChI is InChI=1S/C7H5BrN2S/c1-4-5-2-6(8)11-7(5)10-3-9-4/h2-3H,1H3. The predicted octanol–water partition coefficient (Wildman–Crippen LogP) is 2.76. The van der Waals surface area contributed by atoms with Gasteiger partial charge in [0.05, 0.1) is 3.79 Å². The molecule has 2 aromatic rings. The molecule has 0 atom stereocenters. The maximum absolute atomic E-state index is 4.14. The van der Waals surface area contributed by atoms with Gasteiger partial charge in [-0.2, -0.15) is 0 Å². The van der Waals surface area contributed by atoms with Crippen LogP contribution in [0.2, 0.25) is 0 Å². The minimum Gasteiger partial charge on any atom is -0.241 e. The fraction of sp³-hybridized carbons (Fsp3) is 0.143. The number of aromatic nitrogens is 2. The van der Waals surface area contributed by atoms with Crippen LogP contribution in [0, 0.1) is 6.92 Å². The molecule has 0 amide bonds. The minimum atomic E-state index is 1.04. The quantitative estimate of drug-likeness (QED) is 0.694. The Morgan fingerprint density at radius 2 is 2.27 bits per heavy atom. The Balaban J connectivity index is 2.90.